The molecule has 0 aromatic carbocycles. The second-order valence-corrected chi connectivity index (χ2v) is 23.3. The van der Waals surface area contributed by atoms with Crippen LogP contribution in [0.4, 0.5) is 0 Å². The average Bonchev–Trinajstić information content (AvgIpc) is 0.724. The highest BCUT2D eigenvalue weighted by atomic mass is 14.5. The Morgan fingerprint density at radius 3 is 1.01 bits per heavy atom. The molecular weight excluding hydrogens is 889 g/mol. The van der Waals surface area contributed by atoms with Gasteiger partial charge < -0.3 is 0 Å². The number of rotatable bonds is 9. The van der Waals surface area contributed by atoms with Gasteiger partial charge in [0.05, 0.1) is 0 Å². The van der Waals surface area contributed by atoms with Gasteiger partial charge in [-0.15, -0.1) is 18.9 Å². The van der Waals surface area contributed by atoms with Gasteiger partial charge in [0.2, 0.25) is 0 Å². The molecule has 8 rings (SSSR count). The fraction of sp³-hybridized carbons (Fsp3) is 0.946. The first-order valence-electron chi connectivity index (χ1n) is 44.6. The van der Waals surface area contributed by atoms with E-state index >= 15 is 0 Å². The summed E-state index contributed by atoms with van der Waals surface area (Å²) in [5.41, 5.74) is -3.42. The number of allylic oxidation sites excluding steroid dienone is 1. The van der Waals surface area contributed by atoms with Gasteiger partial charge in [0.15, 0.2) is 0 Å². The van der Waals surface area contributed by atoms with Gasteiger partial charge >= 0.3 is 0 Å². The van der Waals surface area contributed by atoms with Gasteiger partial charge in [-0.3, -0.25) is 0 Å². The molecule has 0 heterocycles. The van der Waals surface area contributed by atoms with Gasteiger partial charge in [0, 0.05) is 35.6 Å². The van der Waals surface area contributed by atoms with Gasteiger partial charge in [-0.1, -0.05) is 336 Å². The lowest BCUT2D eigenvalue weighted by Crippen LogP contribution is -2.44. The van der Waals surface area contributed by atoms with Crippen molar-refractivity contribution in [3.8, 4) is 12.3 Å². The topological polar surface area (TPSA) is 0 Å². The van der Waals surface area contributed by atoms with E-state index in [9.17, 15) is 0 Å². The first-order chi connectivity index (χ1) is 45.6. The summed E-state index contributed by atoms with van der Waals surface area (Å²) in [4.78, 5) is 0. The summed E-state index contributed by atoms with van der Waals surface area (Å²) in [6.07, 6.45) is 51.9. The lowest BCUT2D eigenvalue weighted by molar-refractivity contribution is -0.0376. The first-order valence-corrected chi connectivity index (χ1v) is 31.6. The van der Waals surface area contributed by atoms with Crippen LogP contribution in [0.2, 0.25) is 0 Å². The molecule has 0 heteroatoms. The second kappa shape index (κ2) is 57.0. The Morgan fingerprint density at radius 1 is 0.541 bits per heavy atom. The molecule has 8 aliphatic rings. The van der Waals surface area contributed by atoms with E-state index in [1.54, 1.807) is 52.0 Å². The smallest absolute Gasteiger partial charge is 0.0297 e. The summed E-state index contributed by atoms with van der Waals surface area (Å²) in [7, 11) is 0. The zero-order chi connectivity index (χ0) is 79.0. The summed E-state index contributed by atoms with van der Waals surface area (Å²) >= 11 is 0. The highest BCUT2D eigenvalue weighted by Crippen LogP contribution is 2.57. The van der Waals surface area contributed by atoms with Crippen LogP contribution in [0.15, 0.2) is 12.7 Å². The maximum Gasteiger partial charge on any atom is 0.0297 e. The van der Waals surface area contributed by atoms with Crippen LogP contribution in [-0.2, 0) is 0 Å². The summed E-state index contributed by atoms with van der Waals surface area (Å²) in [5.74, 6) is 8.97. The van der Waals surface area contributed by atoms with Crippen molar-refractivity contribution in [2.24, 2.45) is 76.4 Å². The van der Waals surface area contributed by atoms with Crippen LogP contribution >= 0.6 is 0 Å². The molecule has 8 saturated carbocycles. The minimum Gasteiger partial charge on any atom is -0.120 e. The normalized spacial score (nSPS) is 30.3. The predicted octanol–water partition coefficient (Wildman–Crippen LogP) is 27.0. The Morgan fingerprint density at radius 2 is 0.851 bits per heavy atom. The lowest BCUT2D eigenvalue weighted by Gasteiger charge is -2.54. The van der Waals surface area contributed by atoms with E-state index in [1.807, 2.05) is 6.92 Å². The predicted molar refractivity (Wildman–Crippen MR) is 348 cm³/mol. The molecule has 0 N–H and O–H groups in total. The molecule has 0 aromatic rings. The van der Waals surface area contributed by atoms with E-state index < -0.39 is 77.9 Å². The van der Waals surface area contributed by atoms with E-state index in [1.165, 1.54) is 186 Å². The van der Waals surface area contributed by atoms with Crippen LogP contribution in [0.5, 0.6) is 0 Å². The van der Waals surface area contributed by atoms with Crippen LogP contribution in [-0.4, -0.2) is 0 Å². The lowest BCUT2D eigenvalue weighted by atomic mass is 9.51. The maximum absolute atomic E-state index is 7.39. The molecule has 0 atom stereocenters. The molecule has 4 bridgehead atoms. The molecule has 0 radical (unpaired) electrons. The fourth-order valence-corrected chi connectivity index (χ4v) is 12.0. The summed E-state index contributed by atoms with van der Waals surface area (Å²) in [6.45, 7) is 6.78. The quantitative estimate of drug-likeness (QED) is 0.123. The van der Waals surface area contributed by atoms with E-state index in [0.717, 1.165) is 66.1 Å². The number of hydrogen-bond acceptors (Lipinski definition) is 0. The number of terminal acetylenes is 1. The summed E-state index contributed by atoms with van der Waals surface area (Å²) in [5, 5.41) is 0. The maximum atomic E-state index is 7.39. The standard InChI is InChI=1S/C12H20.C10H20.C9H18.C8H16.C7H14.2C6H14.2C5H12.C3H6.C3H4/c1-2-12-10-4-8-3-9(6-10)7-11(12)5-8;1-2-10-8-6-4-3-5-7-9-10;1-2-9-7-5-3-4-6-8-9;1-2-8-6-4-3-5-7-8;1-2-7-5-3-4-6-7;1-5-6(2,3)4;1-4-5-6(2)3;2*1-4-5(2)3;2*1-3-2/h8-12H,2-7H2,1H3;10H,2-9H2,1H3;9H,2-8H2,1H3;8H,2-7H2,1H3;7H,2-6H2,1H3;5H2,1-4H3;6H,4-5H2,1-3H3;2*5H,4H2,1-3H3;3H,1H2,2H3;1H,2H3/i;;;;;2D3,3D3,4D3,5D2;;2D3,3D3,4D2,5D;2D3,3D3;;. The van der Waals surface area contributed by atoms with Gasteiger partial charge in [0.25, 0.3) is 0 Å². The van der Waals surface area contributed by atoms with Crippen LogP contribution in [0.25, 0.3) is 0 Å². The largest absolute Gasteiger partial charge is 0.120 e. The average molecular weight is 1070 g/mol. The van der Waals surface area contributed by atoms with Crippen molar-refractivity contribution in [1.29, 1.82) is 0 Å². The minimum absolute atomic E-state index is 0.160. The van der Waals surface area contributed by atoms with Crippen LogP contribution in [0.1, 0.15) is 411 Å². The summed E-state index contributed by atoms with van der Waals surface area (Å²) < 4.78 is 184. The molecule has 446 valence electrons. The summed E-state index contributed by atoms with van der Waals surface area (Å²) in [6, 6.07) is 0. The number of hydrogen-bond donors (Lipinski definition) is 0. The van der Waals surface area contributed by atoms with Crippen LogP contribution in [0, 0.1) is 88.7 Å². The molecular formula is C74H150. The van der Waals surface area contributed by atoms with Crippen molar-refractivity contribution < 1.29 is 35.6 Å². The third-order valence-corrected chi connectivity index (χ3v) is 16.5. The molecule has 0 amide bonds. The Balaban J connectivity index is -0.000000519. The second-order valence-electron chi connectivity index (χ2n) is 23.3. The Labute approximate surface area is 511 Å². The van der Waals surface area contributed by atoms with E-state index in [0.29, 0.717) is 6.92 Å². The molecule has 0 saturated heterocycles. The van der Waals surface area contributed by atoms with Gasteiger partial charge in [-0.2, -0.15) is 0 Å². The van der Waals surface area contributed by atoms with Crippen molar-refractivity contribution in [3.63, 3.8) is 0 Å². The molecule has 0 aliphatic heterocycles. The molecule has 0 aromatic heterocycles. The highest BCUT2D eigenvalue weighted by molar-refractivity contribution is 4.97. The molecule has 0 unspecified atom stereocenters. The Hall–Kier alpha value is -0.700. The molecule has 74 heavy (non-hydrogen) atoms. The van der Waals surface area contributed by atoms with E-state index in [2.05, 4.69) is 74.3 Å². The van der Waals surface area contributed by atoms with Crippen LogP contribution < -0.4 is 0 Å². The monoisotopic (exact) mass is 1070 g/mol. The fourth-order valence-electron chi connectivity index (χ4n) is 12.0. The highest BCUT2D eigenvalue weighted by Gasteiger charge is 2.47. The van der Waals surface area contributed by atoms with Crippen LogP contribution in [0.3, 0.4) is 0 Å². The third-order valence-electron chi connectivity index (χ3n) is 16.5. The molecule has 0 nitrogen and oxygen atoms in total. The van der Waals surface area contributed by atoms with Crippen molar-refractivity contribution in [3.05, 3.63) is 12.7 Å². The minimum atomic E-state index is -3.48. The zero-order valence-electron chi connectivity index (χ0n) is 78.0. The van der Waals surface area contributed by atoms with Crippen molar-refractivity contribution in [2.45, 2.75) is 375 Å². The van der Waals surface area contributed by atoms with E-state index in [-0.39, 0.29) is 6.42 Å². The Kier molecular flexibility index (Phi) is 32.5. The van der Waals surface area contributed by atoms with E-state index in [4.69, 9.17) is 35.6 Å². The first kappa shape index (κ1) is 42.2. The SMILES string of the molecule is C#CC.C=CC.CCC1C2CC3CC(C2)CC1C3.CCC1CCCC1.CCC1CCCCC1.CCC1CCCCCC1.CCC1CCCCCCC1.CCCC(C)C.[2H]C([2H])([2H])C(C([2H])([2H])[2H])(C([2H])([2H])[2H])C([2H])([2H])C.[2H]C([2H])([2H])C(CC)C([2H])([2H])[2H].[2H]C([2H])([2H])C([2H])(C([2H])([2H])[2H])C([2H])([2H])C. The zero-order valence-corrected chi connectivity index (χ0v) is 52.0. The Bertz CT molecular complexity index is 1860. The van der Waals surface area contributed by atoms with Crippen molar-refractivity contribution in [2.75, 3.05) is 0 Å². The van der Waals surface area contributed by atoms with Crippen molar-refractivity contribution in [1.82, 2.24) is 0 Å². The van der Waals surface area contributed by atoms with Gasteiger partial charge in [-0.05, 0) is 122 Å². The molecule has 8 fully saturated rings. The molecule has 0 spiro atoms. The third kappa shape index (κ3) is 53.3. The van der Waals surface area contributed by atoms with Gasteiger partial charge in [-0.25, -0.2) is 0 Å². The van der Waals surface area contributed by atoms with Crippen molar-refractivity contribution >= 4 is 0 Å². The van der Waals surface area contributed by atoms with Gasteiger partial charge in [0.1, 0.15) is 0 Å². The molecule has 8 aliphatic carbocycles.